The number of hydrogen-bond acceptors (Lipinski definition) is 2. The second-order valence-electron chi connectivity index (χ2n) is 2.61. The summed E-state index contributed by atoms with van der Waals surface area (Å²) in [6, 6.07) is 0. The third kappa shape index (κ3) is 142. The van der Waals surface area contributed by atoms with E-state index in [9.17, 15) is 0 Å². The molecule has 0 heterocycles. The maximum atomic E-state index is 7.50. The predicted molar refractivity (Wildman–Crippen MR) is 52.8 cm³/mol. The number of likely N-dealkylation sites (N-methyl/N-ethyl adjacent to an activating group) is 2. The van der Waals surface area contributed by atoms with Crippen molar-refractivity contribution in [3.05, 3.63) is 26.6 Å². The number of rotatable bonds is 3. The van der Waals surface area contributed by atoms with Gasteiger partial charge in [0.25, 0.3) is 0 Å². The number of nitrogens with zero attached hydrogens (tertiary/aromatic N) is 2. The van der Waals surface area contributed by atoms with Crippen LogP contribution in [-0.4, -0.2) is 51.1 Å². The van der Waals surface area contributed by atoms with Gasteiger partial charge in [0.1, 0.15) is 0 Å². The summed E-state index contributed by atoms with van der Waals surface area (Å²) in [4.78, 5) is 4.36. The van der Waals surface area contributed by atoms with Gasteiger partial charge in [0.2, 0.25) is 0 Å². The molecule has 0 aliphatic carbocycles. The summed E-state index contributed by atoms with van der Waals surface area (Å²) >= 11 is 0. The van der Waals surface area contributed by atoms with Gasteiger partial charge in [-0.05, 0) is 28.2 Å². The van der Waals surface area contributed by atoms with E-state index in [0.29, 0.717) is 0 Å². The van der Waals surface area contributed by atoms with Gasteiger partial charge in [-0.15, -0.1) is 0 Å². The molecule has 0 spiro atoms. The first-order valence-electron chi connectivity index (χ1n) is 3.74. The maximum Gasteiger partial charge on any atom is 0 e. The molecule has 0 aliphatic rings. The Kier molecular flexibility index (Phi) is 123. The van der Waals surface area contributed by atoms with Crippen molar-refractivity contribution in [3.8, 4) is 0 Å². The van der Waals surface area contributed by atoms with Gasteiger partial charge in [0.15, 0.2) is 0 Å². The van der Waals surface area contributed by atoms with Crippen molar-refractivity contribution in [2.24, 2.45) is 0 Å². The second-order valence-corrected chi connectivity index (χ2v) is 2.61. The molecule has 17 heavy (non-hydrogen) atoms. The molecule has 0 aromatic rings. The van der Waals surface area contributed by atoms with E-state index in [4.69, 9.17) is 18.6 Å². The van der Waals surface area contributed by atoms with E-state index in [2.05, 4.69) is 64.6 Å². The number of hydrogen-bond donors (Lipinski definition) is 0. The van der Waals surface area contributed by atoms with Crippen molar-refractivity contribution >= 4 is 0 Å². The monoisotopic (exact) mass is 280 g/mol. The molecule has 96 valence electrons. The van der Waals surface area contributed by atoms with Crippen molar-refractivity contribution in [2.45, 2.75) is 0 Å². The first-order chi connectivity index (χ1) is 7.63. The fraction of sp³-hybridized carbons (Fsp3) is 0.600. The molecule has 0 saturated heterocycles. The van der Waals surface area contributed by atoms with E-state index in [1.54, 1.807) is 0 Å². The molecule has 0 atom stereocenters. The fourth-order valence-electron chi connectivity index (χ4n) is 0.400. The van der Waals surface area contributed by atoms with E-state index < -0.39 is 0 Å². The van der Waals surface area contributed by atoms with Gasteiger partial charge < -0.3 is 9.80 Å². The fourth-order valence-corrected chi connectivity index (χ4v) is 0.400. The molecule has 0 bridgehead atoms. The Morgan fingerprint density at radius 2 is 0.706 bits per heavy atom. The van der Waals surface area contributed by atoms with Crippen molar-refractivity contribution in [1.29, 1.82) is 0 Å². The molecule has 0 aromatic heterocycles. The third-order valence-corrected chi connectivity index (χ3v) is 0.994. The molecule has 0 amide bonds. The largest absolute Gasteiger partial charge is 0 e. The van der Waals surface area contributed by atoms with Crippen molar-refractivity contribution in [3.63, 3.8) is 0 Å². The Morgan fingerprint density at radius 1 is 0.588 bits per heavy atom. The van der Waals surface area contributed by atoms with Crippen LogP contribution in [0.3, 0.4) is 0 Å². The van der Waals surface area contributed by atoms with Crippen molar-refractivity contribution in [2.75, 3.05) is 41.3 Å². The standard InChI is InChI=1S/C6H16N2.4CO.Cr/c1-7(2)5-6-8(3)4;4*1-2;/h5-6H2,1-4H3;;;;;. The minimum Gasteiger partial charge on any atom is 0 e. The van der Waals surface area contributed by atoms with Gasteiger partial charge >= 0.3 is 45.2 Å². The summed E-state index contributed by atoms with van der Waals surface area (Å²) in [5.41, 5.74) is 0. The molecule has 0 aromatic carbocycles. The minimum atomic E-state index is 0. The summed E-state index contributed by atoms with van der Waals surface area (Å²) in [7, 11) is 8.35. The predicted octanol–water partition coefficient (Wildman–Crippen LogP) is -0.0429. The SMILES string of the molecule is CN(C)CCN(C)C.[C-]#[O+].[C-]#[O+].[C-]#[O+].[C-]#[O+].[Cr]. The van der Waals surface area contributed by atoms with Crippen LogP contribution in [0.4, 0.5) is 0 Å². The van der Waals surface area contributed by atoms with Crippen LogP contribution in [0.2, 0.25) is 0 Å². The van der Waals surface area contributed by atoms with E-state index in [1.165, 1.54) is 0 Å². The van der Waals surface area contributed by atoms with Crippen LogP contribution < -0.4 is 0 Å². The molecule has 0 saturated carbocycles. The Hall–Kier alpha value is -0.588. The van der Waals surface area contributed by atoms with Crippen LogP contribution in [0.15, 0.2) is 0 Å². The minimum absolute atomic E-state index is 0. The van der Waals surface area contributed by atoms with Crippen LogP contribution in [0.25, 0.3) is 0 Å². The summed E-state index contributed by atoms with van der Waals surface area (Å²) in [6.45, 7) is 20.3. The topological polar surface area (TPSA) is 86.1 Å². The van der Waals surface area contributed by atoms with Crippen LogP contribution in [0.1, 0.15) is 0 Å². The zero-order valence-corrected chi connectivity index (χ0v) is 11.6. The van der Waals surface area contributed by atoms with Crippen molar-refractivity contribution in [1.82, 2.24) is 9.80 Å². The van der Waals surface area contributed by atoms with E-state index in [-0.39, 0.29) is 17.4 Å². The normalized spacial score (nSPS) is 5.76. The molecular formula is C10H16CrN2O4. The third-order valence-electron chi connectivity index (χ3n) is 0.994. The Labute approximate surface area is 114 Å². The van der Waals surface area contributed by atoms with Crippen LogP contribution in [0, 0.1) is 26.6 Å². The molecule has 0 rings (SSSR count). The summed E-state index contributed by atoms with van der Waals surface area (Å²) in [5, 5.41) is 0. The molecular weight excluding hydrogens is 264 g/mol. The average Bonchev–Trinajstić information content (AvgIpc) is 2.36. The van der Waals surface area contributed by atoms with Gasteiger partial charge in [0, 0.05) is 30.5 Å². The van der Waals surface area contributed by atoms with Crippen LogP contribution in [-0.2, 0) is 36.0 Å². The van der Waals surface area contributed by atoms with Crippen LogP contribution >= 0.6 is 0 Å². The van der Waals surface area contributed by atoms with Gasteiger partial charge in [-0.3, -0.25) is 0 Å². The molecule has 0 aliphatic heterocycles. The first kappa shape index (κ1) is 36.0. The zero-order chi connectivity index (χ0) is 14.6. The second kappa shape index (κ2) is 58.3. The van der Waals surface area contributed by atoms with Crippen LogP contribution in [0.5, 0.6) is 0 Å². The Balaban J connectivity index is -0.0000000287. The molecule has 0 unspecified atom stereocenters. The van der Waals surface area contributed by atoms with Crippen molar-refractivity contribution < 1.29 is 36.0 Å². The van der Waals surface area contributed by atoms with Gasteiger partial charge in [0.05, 0.1) is 0 Å². The van der Waals surface area contributed by atoms with E-state index >= 15 is 0 Å². The summed E-state index contributed by atoms with van der Waals surface area (Å²) in [5.74, 6) is 0. The zero-order valence-electron chi connectivity index (χ0n) is 10.3. The molecule has 6 nitrogen and oxygen atoms in total. The molecule has 0 fully saturated rings. The first-order valence-corrected chi connectivity index (χ1v) is 3.74. The maximum absolute atomic E-state index is 7.50. The van der Waals surface area contributed by atoms with Gasteiger partial charge in [-0.1, -0.05) is 0 Å². The smallest absolute Gasteiger partial charge is 0 e. The van der Waals surface area contributed by atoms with Gasteiger partial charge in [-0.25, -0.2) is 0 Å². The van der Waals surface area contributed by atoms with E-state index in [0.717, 1.165) is 13.1 Å². The Morgan fingerprint density at radius 3 is 0.765 bits per heavy atom. The quantitative estimate of drug-likeness (QED) is 0.536. The van der Waals surface area contributed by atoms with Gasteiger partial charge in [-0.2, -0.15) is 0 Å². The average molecular weight is 280 g/mol. The van der Waals surface area contributed by atoms with E-state index in [1.807, 2.05) is 0 Å². The molecule has 0 radical (unpaired) electrons. The summed E-state index contributed by atoms with van der Waals surface area (Å²) in [6.07, 6.45) is 0. The summed E-state index contributed by atoms with van der Waals surface area (Å²) < 4.78 is 30.0. The Bertz CT molecular complexity index is 144. The molecule has 0 N–H and O–H groups in total. The molecule has 7 heteroatoms.